The molecule has 2 aliphatic rings. The largest absolute Gasteiger partial charge is 0.495 e. The van der Waals surface area contributed by atoms with Crippen molar-refractivity contribution < 1.29 is 14.6 Å². The normalized spacial score (nSPS) is 23.1. The van der Waals surface area contributed by atoms with Crippen LogP contribution in [0.1, 0.15) is 10.5 Å². The van der Waals surface area contributed by atoms with E-state index in [2.05, 4.69) is 20.9 Å². The van der Waals surface area contributed by atoms with Crippen molar-refractivity contribution >= 4 is 11.6 Å². The molecule has 0 radical (unpaired) electrons. The lowest BCUT2D eigenvalue weighted by Gasteiger charge is -2.40. The van der Waals surface area contributed by atoms with Gasteiger partial charge in [-0.1, -0.05) is 18.2 Å². The SMILES string of the molecule is COc1ccccc1N1CCN([C@@H]2CN(C(=O)c3ccccn3)C[C@H]2O)CC1. The third-order valence-corrected chi connectivity index (χ3v) is 5.64. The molecule has 28 heavy (non-hydrogen) atoms. The Labute approximate surface area is 165 Å². The minimum absolute atomic E-state index is 0.0347. The fourth-order valence-corrected chi connectivity index (χ4v) is 4.13. The molecule has 2 fully saturated rings. The number of piperazine rings is 1. The summed E-state index contributed by atoms with van der Waals surface area (Å²) >= 11 is 0. The van der Waals surface area contributed by atoms with Crippen molar-refractivity contribution in [2.75, 3.05) is 51.3 Å². The summed E-state index contributed by atoms with van der Waals surface area (Å²) in [5.74, 6) is 0.763. The number of para-hydroxylation sites is 2. The van der Waals surface area contributed by atoms with Crippen LogP contribution in [0.15, 0.2) is 48.7 Å². The van der Waals surface area contributed by atoms with Gasteiger partial charge in [0.15, 0.2) is 0 Å². The van der Waals surface area contributed by atoms with Gasteiger partial charge >= 0.3 is 0 Å². The summed E-state index contributed by atoms with van der Waals surface area (Å²) in [6.45, 7) is 4.28. The summed E-state index contributed by atoms with van der Waals surface area (Å²) in [5, 5.41) is 10.6. The maximum Gasteiger partial charge on any atom is 0.272 e. The Morgan fingerprint density at radius 1 is 1.07 bits per heavy atom. The molecule has 4 rings (SSSR count). The van der Waals surface area contributed by atoms with E-state index in [0.717, 1.165) is 37.6 Å². The van der Waals surface area contributed by atoms with E-state index in [9.17, 15) is 9.90 Å². The molecule has 0 bridgehead atoms. The second-order valence-electron chi connectivity index (χ2n) is 7.25. The minimum atomic E-state index is -0.537. The van der Waals surface area contributed by atoms with Crippen LogP contribution in [0.3, 0.4) is 0 Å². The van der Waals surface area contributed by atoms with Crippen molar-refractivity contribution in [3.8, 4) is 5.75 Å². The number of hydrogen-bond donors (Lipinski definition) is 1. The van der Waals surface area contributed by atoms with Crippen molar-refractivity contribution in [3.63, 3.8) is 0 Å². The van der Waals surface area contributed by atoms with Crippen molar-refractivity contribution in [1.29, 1.82) is 0 Å². The molecule has 0 saturated carbocycles. The number of likely N-dealkylation sites (tertiary alicyclic amines) is 1. The fraction of sp³-hybridized carbons (Fsp3) is 0.429. The Kier molecular flexibility index (Phi) is 5.45. The number of rotatable bonds is 4. The first-order valence-corrected chi connectivity index (χ1v) is 9.68. The van der Waals surface area contributed by atoms with Crippen LogP contribution in [-0.4, -0.2) is 84.3 Å². The van der Waals surface area contributed by atoms with Crippen LogP contribution in [0, 0.1) is 0 Å². The van der Waals surface area contributed by atoms with Gasteiger partial charge in [-0.25, -0.2) is 0 Å². The van der Waals surface area contributed by atoms with E-state index in [-0.39, 0.29) is 11.9 Å². The smallest absolute Gasteiger partial charge is 0.272 e. The first-order valence-electron chi connectivity index (χ1n) is 9.68. The zero-order valence-corrected chi connectivity index (χ0v) is 16.1. The van der Waals surface area contributed by atoms with Gasteiger partial charge in [0.2, 0.25) is 0 Å². The number of amides is 1. The number of β-amino-alcohol motifs (C(OH)–C–C–N with tert-alkyl or cyclic N) is 1. The van der Waals surface area contributed by atoms with Crippen LogP contribution in [0.5, 0.6) is 5.75 Å². The molecule has 0 unspecified atom stereocenters. The van der Waals surface area contributed by atoms with Gasteiger partial charge in [-0.05, 0) is 24.3 Å². The highest BCUT2D eigenvalue weighted by molar-refractivity contribution is 5.92. The summed E-state index contributed by atoms with van der Waals surface area (Å²) in [6, 6.07) is 13.3. The molecule has 2 saturated heterocycles. The van der Waals surface area contributed by atoms with E-state index in [0.29, 0.717) is 18.8 Å². The van der Waals surface area contributed by atoms with Crippen LogP contribution >= 0.6 is 0 Å². The van der Waals surface area contributed by atoms with Gasteiger partial charge < -0.3 is 19.6 Å². The van der Waals surface area contributed by atoms with Gasteiger partial charge in [-0.3, -0.25) is 14.7 Å². The Balaban J connectivity index is 1.38. The molecular formula is C21H26N4O3. The monoisotopic (exact) mass is 382 g/mol. The number of nitrogens with zero attached hydrogens (tertiary/aromatic N) is 4. The van der Waals surface area contributed by atoms with Gasteiger partial charge in [-0.15, -0.1) is 0 Å². The van der Waals surface area contributed by atoms with Gasteiger partial charge in [-0.2, -0.15) is 0 Å². The Morgan fingerprint density at radius 3 is 2.54 bits per heavy atom. The number of hydrogen-bond acceptors (Lipinski definition) is 6. The number of anilines is 1. The van der Waals surface area contributed by atoms with Gasteiger partial charge in [0.05, 0.1) is 24.9 Å². The number of aliphatic hydroxyl groups is 1. The van der Waals surface area contributed by atoms with Crippen molar-refractivity contribution in [1.82, 2.24) is 14.8 Å². The number of carbonyl (C=O) groups is 1. The van der Waals surface area contributed by atoms with E-state index in [1.165, 1.54) is 0 Å². The van der Waals surface area contributed by atoms with Crippen LogP contribution in [0.2, 0.25) is 0 Å². The van der Waals surface area contributed by atoms with Crippen LogP contribution in [-0.2, 0) is 0 Å². The third-order valence-electron chi connectivity index (χ3n) is 5.64. The lowest BCUT2D eigenvalue weighted by atomic mass is 10.1. The van der Waals surface area contributed by atoms with E-state index in [1.807, 2.05) is 18.2 Å². The molecule has 1 N–H and O–H groups in total. The average Bonchev–Trinajstić information content (AvgIpc) is 3.15. The molecule has 1 aromatic heterocycles. The maximum absolute atomic E-state index is 12.6. The summed E-state index contributed by atoms with van der Waals surface area (Å²) in [6.07, 6.45) is 1.08. The quantitative estimate of drug-likeness (QED) is 0.854. The molecule has 3 heterocycles. The maximum atomic E-state index is 12.6. The van der Waals surface area contributed by atoms with E-state index < -0.39 is 6.10 Å². The van der Waals surface area contributed by atoms with Crippen molar-refractivity contribution in [2.45, 2.75) is 12.1 Å². The summed E-state index contributed by atoms with van der Waals surface area (Å²) in [5.41, 5.74) is 1.53. The average molecular weight is 382 g/mol. The second kappa shape index (κ2) is 8.16. The molecule has 7 nitrogen and oxygen atoms in total. The van der Waals surface area contributed by atoms with E-state index in [1.54, 1.807) is 36.4 Å². The standard InChI is InChI=1S/C21H26N4O3/c1-28-20-8-3-2-7-17(20)23-10-12-24(13-11-23)18-14-25(15-19(18)26)21(27)16-6-4-5-9-22-16/h2-9,18-19,26H,10-15H2,1H3/t18-,19-/m1/s1. The topological polar surface area (TPSA) is 69.1 Å². The molecular weight excluding hydrogens is 356 g/mol. The third kappa shape index (κ3) is 3.68. The Bertz CT molecular complexity index is 808. The van der Waals surface area contributed by atoms with Crippen molar-refractivity contribution in [2.24, 2.45) is 0 Å². The number of pyridine rings is 1. The molecule has 2 aromatic rings. The molecule has 2 aliphatic heterocycles. The summed E-state index contributed by atoms with van der Waals surface area (Å²) in [7, 11) is 1.69. The predicted octanol–water partition coefficient (Wildman–Crippen LogP) is 1.10. The van der Waals surface area contributed by atoms with E-state index in [4.69, 9.17) is 4.74 Å². The number of carbonyl (C=O) groups excluding carboxylic acids is 1. The van der Waals surface area contributed by atoms with Crippen LogP contribution < -0.4 is 9.64 Å². The van der Waals surface area contributed by atoms with Crippen LogP contribution in [0.25, 0.3) is 0 Å². The highest BCUT2D eigenvalue weighted by atomic mass is 16.5. The molecule has 148 valence electrons. The Hall–Kier alpha value is -2.64. The number of aliphatic hydroxyl groups excluding tert-OH is 1. The zero-order chi connectivity index (χ0) is 19.5. The highest BCUT2D eigenvalue weighted by Crippen LogP contribution is 2.29. The predicted molar refractivity (Wildman–Crippen MR) is 107 cm³/mol. The Morgan fingerprint density at radius 2 is 1.82 bits per heavy atom. The lowest BCUT2D eigenvalue weighted by molar-refractivity contribution is 0.0750. The summed E-state index contributed by atoms with van der Waals surface area (Å²) in [4.78, 5) is 23.1. The number of methoxy groups -OCH3 is 1. The summed E-state index contributed by atoms with van der Waals surface area (Å²) < 4.78 is 5.48. The van der Waals surface area contributed by atoms with Crippen molar-refractivity contribution in [3.05, 3.63) is 54.4 Å². The van der Waals surface area contributed by atoms with E-state index >= 15 is 0 Å². The lowest BCUT2D eigenvalue weighted by Crippen LogP contribution is -2.53. The number of benzene rings is 1. The molecule has 2 atom stereocenters. The zero-order valence-electron chi connectivity index (χ0n) is 16.1. The van der Waals surface area contributed by atoms with Gasteiger partial charge in [0.1, 0.15) is 11.4 Å². The number of aromatic nitrogens is 1. The molecule has 1 amide bonds. The van der Waals surface area contributed by atoms with Crippen LogP contribution in [0.4, 0.5) is 5.69 Å². The minimum Gasteiger partial charge on any atom is -0.495 e. The number of ether oxygens (including phenoxy) is 1. The molecule has 1 aromatic carbocycles. The second-order valence-corrected chi connectivity index (χ2v) is 7.25. The fourth-order valence-electron chi connectivity index (χ4n) is 4.13. The first kappa shape index (κ1) is 18.7. The highest BCUT2D eigenvalue weighted by Gasteiger charge is 2.39. The molecule has 0 aliphatic carbocycles. The van der Waals surface area contributed by atoms with Gasteiger partial charge in [0.25, 0.3) is 5.91 Å². The van der Waals surface area contributed by atoms with Gasteiger partial charge in [0, 0.05) is 45.5 Å². The molecule has 0 spiro atoms. The first-order chi connectivity index (χ1) is 13.7. The molecule has 7 heteroatoms.